The van der Waals surface area contributed by atoms with Crippen molar-refractivity contribution in [1.29, 1.82) is 0 Å². The van der Waals surface area contributed by atoms with Gasteiger partial charge in [-0.05, 0) is 18.2 Å². The van der Waals surface area contributed by atoms with Crippen LogP contribution in [0.15, 0.2) is 18.2 Å². The fourth-order valence-electron chi connectivity index (χ4n) is 2.01. The Morgan fingerprint density at radius 1 is 1.35 bits per heavy atom. The van der Waals surface area contributed by atoms with E-state index in [1.807, 2.05) is 12.1 Å². The Labute approximate surface area is 104 Å². The number of thiazole rings is 1. The largest absolute Gasteiger partial charge is 0.497 e. The monoisotopic (exact) mass is 249 g/mol. The first-order chi connectivity index (χ1) is 8.36. The number of hydrogen-bond donors (Lipinski definition) is 1. The maximum Gasteiger partial charge on any atom is 0.186 e. The van der Waals surface area contributed by atoms with Crippen molar-refractivity contribution in [3.05, 3.63) is 18.2 Å². The zero-order chi connectivity index (χ0) is 11.7. The topological polar surface area (TPSA) is 37.4 Å². The van der Waals surface area contributed by atoms with E-state index in [2.05, 4.69) is 21.3 Å². The van der Waals surface area contributed by atoms with Crippen LogP contribution in [0.25, 0.3) is 10.2 Å². The van der Waals surface area contributed by atoms with Crippen molar-refractivity contribution in [2.45, 2.75) is 0 Å². The molecule has 1 fully saturated rings. The lowest BCUT2D eigenvalue weighted by Crippen LogP contribution is -2.43. The van der Waals surface area contributed by atoms with Crippen LogP contribution in [0.1, 0.15) is 0 Å². The lowest BCUT2D eigenvalue weighted by molar-refractivity contribution is 0.415. The molecule has 17 heavy (non-hydrogen) atoms. The summed E-state index contributed by atoms with van der Waals surface area (Å²) in [6.45, 7) is 4.16. The number of anilines is 1. The second-order valence-corrected chi connectivity index (χ2v) is 5.08. The Morgan fingerprint density at radius 2 is 2.18 bits per heavy atom. The van der Waals surface area contributed by atoms with Crippen molar-refractivity contribution in [3.8, 4) is 5.75 Å². The highest BCUT2D eigenvalue weighted by atomic mass is 32.1. The van der Waals surface area contributed by atoms with Crippen LogP contribution in [-0.2, 0) is 0 Å². The molecule has 3 rings (SSSR count). The van der Waals surface area contributed by atoms with Gasteiger partial charge in [0.2, 0.25) is 0 Å². The molecule has 0 amide bonds. The SMILES string of the molecule is COc1ccc2nc(N3CCNCC3)sc2c1. The maximum atomic E-state index is 5.23. The molecule has 0 saturated carbocycles. The minimum Gasteiger partial charge on any atom is -0.497 e. The number of nitrogens with one attached hydrogen (secondary N) is 1. The zero-order valence-electron chi connectivity index (χ0n) is 9.77. The third-order valence-electron chi connectivity index (χ3n) is 2.97. The van der Waals surface area contributed by atoms with Gasteiger partial charge in [-0.15, -0.1) is 0 Å². The van der Waals surface area contributed by atoms with E-state index in [-0.39, 0.29) is 0 Å². The predicted molar refractivity (Wildman–Crippen MR) is 71.3 cm³/mol. The fourth-order valence-corrected chi connectivity index (χ4v) is 3.06. The molecule has 1 aliphatic heterocycles. The van der Waals surface area contributed by atoms with Gasteiger partial charge in [0.05, 0.1) is 17.3 Å². The van der Waals surface area contributed by atoms with Gasteiger partial charge in [-0.2, -0.15) is 0 Å². The molecule has 2 aromatic rings. The lowest BCUT2D eigenvalue weighted by atomic mass is 10.3. The van der Waals surface area contributed by atoms with Crippen LogP contribution >= 0.6 is 11.3 Å². The number of methoxy groups -OCH3 is 1. The smallest absolute Gasteiger partial charge is 0.186 e. The summed E-state index contributed by atoms with van der Waals surface area (Å²) in [7, 11) is 1.69. The van der Waals surface area contributed by atoms with Gasteiger partial charge in [-0.1, -0.05) is 11.3 Å². The van der Waals surface area contributed by atoms with Crippen molar-refractivity contribution >= 4 is 26.7 Å². The first-order valence-corrected chi connectivity index (χ1v) is 6.59. The van der Waals surface area contributed by atoms with Crippen molar-refractivity contribution in [2.24, 2.45) is 0 Å². The molecule has 0 radical (unpaired) electrons. The minimum atomic E-state index is 0.896. The van der Waals surface area contributed by atoms with Crippen molar-refractivity contribution in [3.63, 3.8) is 0 Å². The van der Waals surface area contributed by atoms with Crippen LogP contribution in [0.2, 0.25) is 0 Å². The third-order valence-corrected chi connectivity index (χ3v) is 4.05. The molecular weight excluding hydrogens is 234 g/mol. The minimum absolute atomic E-state index is 0.896. The van der Waals surface area contributed by atoms with Gasteiger partial charge in [0.15, 0.2) is 5.13 Å². The molecule has 2 heterocycles. The standard InChI is InChI=1S/C12H15N3OS/c1-16-9-2-3-10-11(8-9)17-12(14-10)15-6-4-13-5-7-15/h2-3,8,13H,4-7H2,1H3. The molecule has 0 atom stereocenters. The molecule has 1 aromatic carbocycles. The van der Waals surface area contributed by atoms with Gasteiger partial charge < -0.3 is 15.0 Å². The van der Waals surface area contributed by atoms with E-state index in [9.17, 15) is 0 Å². The number of piperazine rings is 1. The number of ether oxygens (including phenoxy) is 1. The highest BCUT2D eigenvalue weighted by Crippen LogP contribution is 2.31. The van der Waals surface area contributed by atoms with Crippen molar-refractivity contribution < 1.29 is 4.74 Å². The number of benzene rings is 1. The molecule has 0 aliphatic carbocycles. The number of fused-ring (bicyclic) bond motifs is 1. The van der Waals surface area contributed by atoms with E-state index in [1.165, 1.54) is 4.70 Å². The van der Waals surface area contributed by atoms with Crippen LogP contribution in [0.4, 0.5) is 5.13 Å². The molecule has 0 unspecified atom stereocenters. The summed E-state index contributed by atoms with van der Waals surface area (Å²) >= 11 is 1.74. The van der Waals surface area contributed by atoms with Crippen LogP contribution < -0.4 is 15.0 Å². The van der Waals surface area contributed by atoms with E-state index >= 15 is 0 Å². The van der Waals surface area contributed by atoms with Gasteiger partial charge >= 0.3 is 0 Å². The second-order valence-electron chi connectivity index (χ2n) is 4.07. The molecule has 1 aliphatic rings. The highest BCUT2D eigenvalue weighted by Gasteiger charge is 2.14. The highest BCUT2D eigenvalue weighted by molar-refractivity contribution is 7.22. The number of hydrogen-bond acceptors (Lipinski definition) is 5. The molecule has 0 bridgehead atoms. The summed E-state index contributed by atoms with van der Waals surface area (Å²) in [6, 6.07) is 6.04. The third kappa shape index (κ3) is 2.08. The van der Waals surface area contributed by atoms with Crippen molar-refractivity contribution in [2.75, 3.05) is 38.2 Å². The molecule has 5 heteroatoms. The number of nitrogens with zero attached hydrogens (tertiary/aromatic N) is 2. The Hall–Kier alpha value is -1.33. The lowest BCUT2D eigenvalue weighted by Gasteiger charge is -2.26. The van der Waals surface area contributed by atoms with Gasteiger partial charge in [-0.25, -0.2) is 4.98 Å². The molecule has 1 aromatic heterocycles. The van der Waals surface area contributed by atoms with E-state index in [0.717, 1.165) is 42.6 Å². The van der Waals surface area contributed by atoms with Crippen molar-refractivity contribution in [1.82, 2.24) is 10.3 Å². The molecule has 1 saturated heterocycles. The van der Waals surface area contributed by atoms with Gasteiger partial charge in [0.25, 0.3) is 0 Å². The summed E-state index contributed by atoms with van der Waals surface area (Å²) in [5, 5.41) is 4.47. The van der Waals surface area contributed by atoms with E-state index in [4.69, 9.17) is 4.74 Å². The molecule has 0 spiro atoms. The first-order valence-electron chi connectivity index (χ1n) is 5.77. The normalized spacial score (nSPS) is 16.4. The molecule has 90 valence electrons. The quantitative estimate of drug-likeness (QED) is 0.879. The molecule has 1 N–H and O–H groups in total. The van der Waals surface area contributed by atoms with E-state index in [1.54, 1.807) is 18.4 Å². The second kappa shape index (κ2) is 4.50. The Bertz CT molecular complexity index is 519. The van der Waals surface area contributed by atoms with Crippen LogP contribution in [0.3, 0.4) is 0 Å². The van der Waals surface area contributed by atoms with Gasteiger partial charge in [0.1, 0.15) is 5.75 Å². The van der Waals surface area contributed by atoms with Gasteiger partial charge in [-0.3, -0.25) is 0 Å². The summed E-state index contributed by atoms with van der Waals surface area (Å²) in [5.41, 5.74) is 1.06. The first kappa shape index (κ1) is 10.8. The van der Waals surface area contributed by atoms with Crippen LogP contribution in [0, 0.1) is 0 Å². The summed E-state index contributed by atoms with van der Waals surface area (Å²) in [6.07, 6.45) is 0. The summed E-state index contributed by atoms with van der Waals surface area (Å²) in [4.78, 5) is 7.01. The zero-order valence-corrected chi connectivity index (χ0v) is 10.6. The average molecular weight is 249 g/mol. The predicted octanol–water partition coefficient (Wildman–Crippen LogP) is 1.71. The Morgan fingerprint density at radius 3 is 2.94 bits per heavy atom. The fraction of sp³-hybridized carbons (Fsp3) is 0.417. The van der Waals surface area contributed by atoms with E-state index < -0.39 is 0 Å². The Kier molecular flexibility index (Phi) is 2.86. The van der Waals surface area contributed by atoms with Gasteiger partial charge in [0, 0.05) is 26.2 Å². The maximum absolute atomic E-state index is 5.23. The van der Waals surface area contributed by atoms with E-state index in [0.29, 0.717) is 0 Å². The Balaban J connectivity index is 1.95. The van der Waals surface area contributed by atoms with Crippen LogP contribution in [0.5, 0.6) is 5.75 Å². The van der Waals surface area contributed by atoms with Crippen LogP contribution in [-0.4, -0.2) is 38.3 Å². The summed E-state index contributed by atoms with van der Waals surface area (Å²) < 4.78 is 6.42. The summed E-state index contributed by atoms with van der Waals surface area (Å²) in [5.74, 6) is 0.896. The molecule has 4 nitrogen and oxygen atoms in total. The molecular formula is C12H15N3OS. The number of rotatable bonds is 2. The number of aromatic nitrogens is 1. The average Bonchev–Trinajstić information content (AvgIpc) is 2.82.